The number of carbonyl (C=O) groups excluding carboxylic acids is 1. The molecule has 0 saturated carbocycles. The summed E-state index contributed by atoms with van der Waals surface area (Å²) in [4.78, 5) is 12.6. The number of nitrogens with zero attached hydrogens (tertiary/aromatic N) is 1. The highest BCUT2D eigenvalue weighted by Gasteiger charge is 2.28. The summed E-state index contributed by atoms with van der Waals surface area (Å²) < 4.78 is 33.1. The maximum Gasteiger partial charge on any atom is 0.262 e. The van der Waals surface area contributed by atoms with E-state index in [9.17, 15) is 13.2 Å². The molecule has 0 bridgehead atoms. The quantitative estimate of drug-likeness (QED) is 0.529. The zero-order valence-electron chi connectivity index (χ0n) is 18.3. The lowest BCUT2D eigenvalue weighted by Crippen LogP contribution is -2.36. The number of nitrogens with one attached hydrogen (secondary N) is 1. The molecule has 0 aromatic heterocycles. The van der Waals surface area contributed by atoms with Crippen LogP contribution in [0.5, 0.6) is 5.75 Å². The number of ether oxygens (including phenoxy) is 1. The summed E-state index contributed by atoms with van der Waals surface area (Å²) in [5.74, 6) is 0.354. The fourth-order valence-corrected chi connectivity index (χ4v) is 5.28. The first-order valence-electron chi connectivity index (χ1n) is 10.7. The van der Waals surface area contributed by atoms with Crippen LogP contribution in [-0.4, -0.2) is 31.8 Å². The van der Waals surface area contributed by atoms with E-state index in [-0.39, 0.29) is 24.0 Å². The predicted octanol–water partition coefficient (Wildman–Crippen LogP) is 4.67. The summed E-state index contributed by atoms with van der Waals surface area (Å²) in [7, 11) is -3.63. The first kappa shape index (κ1) is 23.3. The van der Waals surface area contributed by atoms with Crippen LogP contribution in [0.25, 0.3) is 0 Å². The van der Waals surface area contributed by atoms with E-state index in [0.717, 1.165) is 17.5 Å². The Hall–Kier alpha value is -2.87. The van der Waals surface area contributed by atoms with Gasteiger partial charge in [-0.2, -0.15) is 4.31 Å². The van der Waals surface area contributed by atoms with Gasteiger partial charge in [-0.3, -0.25) is 4.79 Å². The van der Waals surface area contributed by atoms with Gasteiger partial charge in [0.1, 0.15) is 5.75 Å². The summed E-state index contributed by atoms with van der Waals surface area (Å²) >= 11 is 5.89. The Balaban J connectivity index is 1.40. The molecule has 3 aromatic carbocycles. The van der Waals surface area contributed by atoms with Crippen molar-refractivity contribution in [2.45, 2.75) is 31.2 Å². The molecule has 8 heteroatoms. The molecule has 0 fully saturated rings. The Morgan fingerprint density at radius 1 is 1.03 bits per heavy atom. The molecule has 33 heavy (non-hydrogen) atoms. The molecular weight excluding hydrogens is 460 g/mol. The third kappa shape index (κ3) is 5.55. The maximum absolute atomic E-state index is 13.0. The number of sulfonamides is 1. The summed E-state index contributed by atoms with van der Waals surface area (Å²) in [6.45, 7) is 2.60. The summed E-state index contributed by atoms with van der Waals surface area (Å²) in [5.41, 5.74) is 3.75. The van der Waals surface area contributed by atoms with Gasteiger partial charge in [-0.05, 0) is 78.1 Å². The van der Waals surface area contributed by atoms with Crippen molar-refractivity contribution < 1.29 is 17.9 Å². The van der Waals surface area contributed by atoms with Crippen LogP contribution in [0, 0.1) is 0 Å². The fourth-order valence-electron chi connectivity index (χ4n) is 3.74. The van der Waals surface area contributed by atoms with Crippen LogP contribution in [0.2, 0.25) is 5.02 Å². The van der Waals surface area contributed by atoms with Crippen molar-refractivity contribution in [2.24, 2.45) is 0 Å². The van der Waals surface area contributed by atoms with Gasteiger partial charge < -0.3 is 10.1 Å². The van der Waals surface area contributed by atoms with Crippen molar-refractivity contribution >= 4 is 33.2 Å². The minimum absolute atomic E-state index is 0.111. The molecule has 0 aliphatic carbocycles. The lowest BCUT2D eigenvalue weighted by Gasteiger charge is -2.28. The molecule has 1 aliphatic rings. The SMILES string of the molecule is CCc1ccc(OCC(=O)Nc2ccc3c(c2)CN(S(=O)(=O)c2ccc(Cl)cc2)CC3)cc1. The van der Waals surface area contributed by atoms with E-state index in [1.54, 1.807) is 12.1 Å². The standard InChI is InChI=1S/C25H25ClN2O4S/c1-2-18-3-9-23(10-4-18)32-17-25(29)27-22-8-5-19-13-14-28(16-20(19)15-22)33(30,31)24-11-6-21(26)7-12-24/h3-12,15H,2,13-14,16-17H2,1H3,(H,27,29). The van der Waals surface area contributed by atoms with Gasteiger partial charge in [-0.1, -0.05) is 36.7 Å². The molecule has 0 unspecified atom stereocenters. The minimum Gasteiger partial charge on any atom is -0.484 e. The van der Waals surface area contributed by atoms with Crippen molar-refractivity contribution in [3.05, 3.63) is 88.4 Å². The van der Waals surface area contributed by atoms with Gasteiger partial charge in [0, 0.05) is 23.8 Å². The van der Waals surface area contributed by atoms with E-state index < -0.39 is 10.0 Å². The Bertz CT molecular complexity index is 1240. The lowest BCUT2D eigenvalue weighted by molar-refractivity contribution is -0.118. The Kier molecular flexibility index (Phi) is 7.02. The third-order valence-corrected chi connectivity index (χ3v) is 7.73. The van der Waals surface area contributed by atoms with E-state index >= 15 is 0 Å². The first-order chi connectivity index (χ1) is 15.8. The number of anilines is 1. The van der Waals surface area contributed by atoms with E-state index in [2.05, 4.69) is 12.2 Å². The number of hydrogen-bond acceptors (Lipinski definition) is 4. The Morgan fingerprint density at radius 3 is 2.45 bits per heavy atom. The highest BCUT2D eigenvalue weighted by atomic mass is 35.5. The number of benzene rings is 3. The molecule has 1 heterocycles. The molecule has 1 aliphatic heterocycles. The molecule has 3 aromatic rings. The number of halogens is 1. The molecule has 1 amide bonds. The topological polar surface area (TPSA) is 75.7 Å². The summed E-state index contributed by atoms with van der Waals surface area (Å²) in [6.07, 6.45) is 1.55. The molecular formula is C25H25ClN2O4S. The van der Waals surface area contributed by atoms with Crippen LogP contribution >= 0.6 is 11.6 Å². The van der Waals surface area contributed by atoms with Crippen LogP contribution in [-0.2, 0) is 34.2 Å². The second kappa shape index (κ2) is 9.95. The largest absolute Gasteiger partial charge is 0.484 e. The van der Waals surface area contributed by atoms with Gasteiger partial charge in [0.25, 0.3) is 5.91 Å². The number of fused-ring (bicyclic) bond motifs is 1. The van der Waals surface area contributed by atoms with E-state index in [1.807, 2.05) is 42.5 Å². The molecule has 1 N–H and O–H groups in total. The monoisotopic (exact) mass is 484 g/mol. The number of rotatable bonds is 7. The van der Waals surface area contributed by atoms with E-state index in [4.69, 9.17) is 16.3 Å². The van der Waals surface area contributed by atoms with Crippen molar-refractivity contribution in [1.29, 1.82) is 0 Å². The zero-order chi connectivity index (χ0) is 23.4. The van der Waals surface area contributed by atoms with Crippen LogP contribution in [0.1, 0.15) is 23.6 Å². The third-order valence-electron chi connectivity index (χ3n) is 5.62. The maximum atomic E-state index is 13.0. The number of carbonyl (C=O) groups is 1. The minimum atomic E-state index is -3.63. The second-order valence-electron chi connectivity index (χ2n) is 7.86. The first-order valence-corrected chi connectivity index (χ1v) is 12.6. The molecule has 0 spiro atoms. The van der Waals surface area contributed by atoms with Crippen LogP contribution in [0.4, 0.5) is 5.69 Å². The van der Waals surface area contributed by atoms with Crippen molar-refractivity contribution in [3.63, 3.8) is 0 Å². The number of amides is 1. The lowest BCUT2D eigenvalue weighted by atomic mass is 10.0. The van der Waals surface area contributed by atoms with Gasteiger partial charge in [0.2, 0.25) is 10.0 Å². The van der Waals surface area contributed by atoms with Gasteiger partial charge in [0.15, 0.2) is 6.61 Å². The Morgan fingerprint density at radius 2 is 1.76 bits per heavy atom. The second-order valence-corrected chi connectivity index (χ2v) is 10.2. The highest BCUT2D eigenvalue weighted by Crippen LogP contribution is 2.27. The zero-order valence-corrected chi connectivity index (χ0v) is 19.8. The van der Waals surface area contributed by atoms with Gasteiger partial charge in [-0.15, -0.1) is 0 Å². The van der Waals surface area contributed by atoms with Gasteiger partial charge in [0.05, 0.1) is 4.90 Å². The molecule has 0 atom stereocenters. The number of aryl methyl sites for hydroxylation is 1. The Labute approximate surface area is 199 Å². The smallest absolute Gasteiger partial charge is 0.262 e. The molecule has 6 nitrogen and oxygen atoms in total. The van der Waals surface area contributed by atoms with E-state index in [1.165, 1.54) is 22.0 Å². The van der Waals surface area contributed by atoms with Crippen molar-refractivity contribution in [1.82, 2.24) is 4.31 Å². The fraction of sp³-hybridized carbons (Fsp3) is 0.240. The molecule has 0 saturated heterocycles. The van der Waals surface area contributed by atoms with Crippen molar-refractivity contribution in [2.75, 3.05) is 18.5 Å². The number of hydrogen-bond donors (Lipinski definition) is 1. The normalized spacial score (nSPS) is 13.9. The highest BCUT2D eigenvalue weighted by molar-refractivity contribution is 7.89. The molecule has 172 valence electrons. The van der Waals surface area contributed by atoms with Crippen molar-refractivity contribution in [3.8, 4) is 5.75 Å². The van der Waals surface area contributed by atoms with Crippen LogP contribution in [0.15, 0.2) is 71.6 Å². The average molecular weight is 485 g/mol. The predicted molar refractivity (Wildman–Crippen MR) is 129 cm³/mol. The average Bonchev–Trinajstić information content (AvgIpc) is 2.83. The molecule has 0 radical (unpaired) electrons. The molecule has 4 rings (SSSR count). The van der Waals surface area contributed by atoms with E-state index in [0.29, 0.717) is 29.4 Å². The van der Waals surface area contributed by atoms with Gasteiger partial charge >= 0.3 is 0 Å². The van der Waals surface area contributed by atoms with Crippen LogP contribution in [0.3, 0.4) is 0 Å². The van der Waals surface area contributed by atoms with Crippen LogP contribution < -0.4 is 10.1 Å². The van der Waals surface area contributed by atoms with Gasteiger partial charge in [-0.25, -0.2) is 8.42 Å². The summed E-state index contributed by atoms with van der Waals surface area (Å²) in [5, 5.41) is 3.32. The summed E-state index contributed by atoms with van der Waals surface area (Å²) in [6, 6.07) is 19.4.